The van der Waals surface area contributed by atoms with Crippen molar-refractivity contribution < 1.29 is 14.4 Å². The van der Waals surface area contributed by atoms with Crippen LogP contribution < -0.4 is 5.32 Å². The number of likely N-dealkylation sites (N-methyl/N-ethyl adjacent to an activating group) is 1. The highest BCUT2D eigenvalue weighted by Gasteiger charge is 2.55. The highest BCUT2D eigenvalue weighted by Crippen LogP contribution is 2.39. The molecule has 0 spiro atoms. The van der Waals surface area contributed by atoms with Crippen molar-refractivity contribution in [2.45, 2.75) is 70.8 Å². The zero-order chi connectivity index (χ0) is 24.5. The van der Waals surface area contributed by atoms with Gasteiger partial charge >= 0.3 is 6.03 Å². The quantitative estimate of drug-likeness (QED) is 0.566. The van der Waals surface area contributed by atoms with Crippen molar-refractivity contribution in [3.63, 3.8) is 0 Å². The number of imide groups is 1. The number of nitrogens with one attached hydrogen (secondary N) is 1. The average Bonchev–Trinajstić information content (AvgIpc) is 3.35. The van der Waals surface area contributed by atoms with E-state index < -0.39 is 5.54 Å². The third kappa shape index (κ3) is 4.89. The molecular weight excluding hydrogens is 448 g/mol. The molecule has 1 N–H and O–H groups in total. The van der Waals surface area contributed by atoms with Gasteiger partial charge in [0.1, 0.15) is 5.54 Å². The minimum atomic E-state index is -0.843. The van der Waals surface area contributed by atoms with E-state index in [1.807, 2.05) is 23.9 Å². The zero-order valence-electron chi connectivity index (χ0n) is 21.2. The number of aryl methyl sites for hydroxylation is 1. The maximum Gasteiger partial charge on any atom is 0.325 e. The Bertz CT molecular complexity index is 919. The molecule has 8 heteroatoms. The highest BCUT2D eigenvalue weighted by molar-refractivity contribution is 7.10. The summed E-state index contributed by atoms with van der Waals surface area (Å²) >= 11 is 1.73. The topological polar surface area (TPSA) is 73.0 Å². The molecule has 4 amide bonds. The summed E-state index contributed by atoms with van der Waals surface area (Å²) in [6.45, 7) is 6.64. The fourth-order valence-corrected chi connectivity index (χ4v) is 6.85. The standard InChI is InChI=1S/C26H40N4O3S/c1-18(2)9-12-26(24(32)30(25(33)27-26)16-15-28(3)4)19-10-13-29(14-11-19)23(31)21-17-34-22-8-6-5-7-20(21)22/h17-19H,5-16H2,1-4H3,(H,27,33). The van der Waals surface area contributed by atoms with E-state index in [1.54, 1.807) is 11.3 Å². The maximum atomic E-state index is 13.7. The highest BCUT2D eigenvalue weighted by atomic mass is 32.1. The molecule has 1 atom stereocenters. The molecule has 1 aromatic heterocycles. The summed E-state index contributed by atoms with van der Waals surface area (Å²) in [7, 11) is 3.89. The number of piperidine rings is 1. The summed E-state index contributed by atoms with van der Waals surface area (Å²) in [6, 6.07) is -0.265. The second kappa shape index (κ2) is 10.4. The van der Waals surface area contributed by atoms with Gasteiger partial charge in [-0.05, 0) is 82.9 Å². The van der Waals surface area contributed by atoms with Crippen LogP contribution >= 0.6 is 11.3 Å². The van der Waals surface area contributed by atoms with Crippen LogP contribution in [0.15, 0.2) is 5.38 Å². The molecule has 3 heterocycles. The Hall–Kier alpha value is -1.93. The van der Waals surface area contributed by atoms with Crippen molar-refractivity contribution in [3.8, 4) is 0 Å². The van der Waals surface area contributed by atoms with Gasteiger partial charge in [-0.15, -0.1) is 11.3 Å². The minimum absolute atomic E-state index is 0.0486. The fourth-order valence-electron chi connectivity index (χ4n) is 5.73. The molecule has 1 aliphatic carbocycles. The molecule has 2 aliphatic heterocycles. The van der Waals surface area contributed by atoms with Gasteiger partial charge in [0, 0.05) is 36.4 Å². The Balaban J connectivity index is 1.47. The fraction of sp³-hybridized carbons (Fsp3) is 0.731. The van der Waals surface area contributed by atoms with E-state index in [1.165, 1.54) is 21.8 Å². The van der Waals surface area contributed by atoms with Crippen molar-refractivity contribution in [2.24, 2.45) is 11.8 Å². The summed E-state index contributed by atoms with van der Waals surface area (Å²) in [4.78, 5) is 46.7. The lowest BCUT2D eigenvalue weighted by Crippen LogP contribution is -2.56. The molecular formula is C26H40N4O3S. The van der Waals surface area contributed by atoms with E-state index in [-0.39, 0.29) is 23.8 Å². The van der Waals surface area contributed by atoms with E-state index in [0.717, 1.165) is 44.1 Å². The Morgan fingerprint density at radius 3 is 2.59 bits per heavy atom. The summed E-state index contributed by atoms with van der Waals surface area (Å²) in [5.74, 6) is 0.566. The molecule has 7 nitrogen and oxygen atoms in total. The Morgan fingerprint density at radius 1 is 1.21 bits per heavy atom. The van der Waals surface area contributed by atoms with Crippen LogP contribution in [0.3, 0.4) is 0 Å². The minimum Gasteiger partial charge on any atom is -0.339 e. The van der Waals surface area contributed by atoms with Gasteiger partial charge in [-0.1, -0.05) is 13.8 Å². The summed E-state index contributed by atoms with van der Waals surface area (Å²) in [5.41, 5.74) is 1.32. The van der Waals surface area contributed by atoms with E-state index in [9.17, 15) is 14.4 Å². The largest absolute Gasteiger partial charge is 0.339 e. The van der Waals surface area contributed by atoms with Crippen molar-refractivity contribution in [2.75, 3.05) is 40.3 Å². The maximum absolute atomic E-state index is 13.7. The number of carbonyl (C=O) groups excluding carboxylic acids is 3. The molecule has 3 aliphatic rings. The monoisotopic (exact) mass is 488 g/mol. The lowest BCUT2D eigenvalue weighted by molar-refractivity contribution is -0.134. The molecule has 1 unspecified atom stereocenters. The number of rotatable bonds is 8. The first-order chi connectivity index (χ1) is 16.2. The summed E-state index contributed by atoms with van der Waals surface area (Å²) in [5, 5.41) is 5.20. The first kappa shape index (κ1) is 25.2. The normalized spacial score (nSPS) is 23.7. The van der Waals surface area contributed by atoms with Crippen LogP contribution in [-0.4, -0.2) is 78.4 Å². The van der Waals surface area contributed by atoms with Crippen LogP contribution in [0.25, 0.3) is 0 Å². The van der Waals surface area contributed by atoms with Gasteiger partial charge < -0.3 is 15.1 Å². The molecule has 0 bridgehead atoms. The summed E-state index contributed by atoms with van der Waals surface area (Å²) < 4.78 is 0. The number of carbonyl (C=O) groups is 3. The van der Waals surface area contributed by atoms with E-state index >= 15 is 0 Å². The van der Waals surface area contributed by atoms with Gasteiger partial charge in [0.2, 0.25) is 0 Å². The molecule has 2 saturated heterocycles. The molecule has 0 saturated carbocycles. The second-order valence-corrected chi connectivity index (χ2v) is 11.9. The SMILES string of the molecule is CC(C)CCC1(C2CCN(C(=O)c3csc4c3CCCC4)CC2)NC(=O)N(CCN(C)C)C1=O. The van der Waals surface area contributed by atoms with Gasteiger partial charge in [-0.3, -0.25) is 14.5 Å². The number of likely N-dealkylation sites (tertiary alicyclic amines) is 1. The number of hydrogen-bond acceptors (Lipinski definition) is 5. The zero-order valence-corrected chi connectivity index (χ0v) is 22.0. The average molecular weight is 489 g/mol. The number of urea groups is 1. The number of thiophene rings is 1. The van der Waals surface area contributed by atoms with Gasteiger partial charge in [0.15, 0.2) is 0 Å². The Kier molecular flexibility index (Phi) is 7.67. The van der Waals surface area contributed by atoms with Crippen LogP contribution in [0, 0.1) is 11.8 Å². The van der Waals surface area contributed by atoms with E-state index in [0.29, 0.717) is 38.5 Å². The number of fused-ring (bicyclic) bond motifs is 1. The van der Waals surface area contributed by atoms with Crippen LogP contribution in [0.5, 0.6) is 0 Å². The lowest BCUT2D eigenvalue weighted by Gasteiger charge is -2.41. The van der Waals surface area contributed by atoms with E-state index in [2.05, 4.69) is 24.5 Å². The van der Waals surface area contributed by atoms with E-state index in [4.69, 9.17) is 0 Å². The van der Waals surface area contributed by atoms with Crippen molar-refractivity contribution in [1.82, 2.24) is 20.0 Å². The molecule has 1 aromatic rings. The molecule has 188 valence electrons. The summed E-state index contributed by atoms with van der Waals surface area (Å²) in [6.07, 6.45) is 7.51. The number of hydrogen-bond donors (Lipinski definition) is 1. The molecule has 2 fully saturated rings. The Labute approximate surface area is 207 Å². The first-order valence-corrected chi connectivity index (χ1v) is 13.8. The van der Waals surface area contributed by atoms with Crippen LogP contribution in [-0.2, 0) is 17.6 Å². The third-order valence-electron chi connectivity index (χ3n) is 7.86. The first-order valence-electron chi connectivity index (χ1n) is 12.9. The van der Waals surface area contributed by atoms with Crippen LogP contribution in [0.1, 0.15) is 73.2 Å². The van der Waals surface area contributed by atoms with Crippen LogP contribution in [0.2, 0.25) is 0 Å². The smallest absolute Gasteiger partial charge is 0.325 e. The predicted molar refractivity (Wildman–Crippen MR) is 135 cm³/mol. The molecule has 0 radical (unpaired) electrons. The number of nitrogens with zero attached hydrogens (tertiary/aromatic N) is 3. The lowest BCUT2D eigenvalue weighted by atomic mass is 9.73. The van der Waals surface area contributed by atoms with Crippen molar-refractivity contribution >= 4 is 29.2 Å². The van der Waals surface area contributed by atoms with Gasteiger partial charge in [0.25, 0.3) is 11.8 Å². The number of amides is 4. The van der Waals surface area contributed by atoms with Crippen molar-refractivity contribution in [3.05, 3.63) is 21.4 Å². The second-order valence-electron chi connectivity index (χ2n) is 10.9. The Morgan fingerprint density at radius 2 is 1.91 bits per heavy atom. The van der Waals surface area contributed by atoms with Gasteiger partial charge in [0.05, 0.1) is 5.56 Å². The molecule has 34 heavy (non-hydrogen) atoms. The third-order valence-corrected chi connectivity index (χ3v) is 8.95. The van der Waals surface area contributed by atoms with Crippen molar-refractivity contribution in [1.29, 1.82) is 0 Å². The van der Waals surface area contributed by atoms with Crippen LogP contribution in [0.4, 0.5) is 4.79 Å². The predicted octanol–water partition coefficient (Wildman–Crippen LogP) is 3.77. The van der Waals surface area contributed by atoms with Gasteiger partial charge in [-0.25, -0.2) is 4.79 Å². The molecule has 4 rings (SSSR count). The molecule has 0 aromatic carbocycles. The van der Waals surface area contributed by atoms with Gasteiger partial charge in [-0.2, -0.15) is 0 Å².